The van der Waals surface area contributed by atoms with Gasteiger partial charge in [-0.3, -0.25) is 9.78 Å². The minimum absolute atomic E-state index is 0.210. The predicted molar refractivity (Wildman–Crippen MR) is 88.6 cm³/mol. The van der Waals surface area contributed by atoms with Crippen molar-refractivity contribution in [2.24, 2.45) is 23.2 Å². The van der Waals surface area contributed by atoms with Crippen molar-refractivity contribution >= 4 is 17.2 Å². The summed E-state index contributed by atoms with van der Waals surface area (Å²) < 4.78 is 0. The molecule has 5 rings (SSSR count). The molecule has 4 fully saturated rings. The lowest BCUT2D eigenvalue weighted by atomic mass is 9.49. The minimum Gasteiger partial charge on any atom is -0.353 e. The summed E-state index contributed by atoms with van der Waals surface area (Å²) in [6, 6.07) is 0.210. The number of hydrogen-bond donors (Lipinski definition) is 1. The Bertz CT molecular complexity index is 504. The molecule has 1 unspecified atom stereocenters. The standard InChI is InChI=1S/C18H26N2OS/c1-12(2-16-10-19-11-22-16)20-17(21)9-18-6-13-3-14(7-18)5-15(4-13)8-18/h10-15H,2-9H2,1H3,(H,20,21). The van der Waals surface area contributed by atoms with E-state index in [9.17, 15) is 4.79 Å². The van der Waals surface area contributed by atoms with Crippen molar-refractivity contribution in [2.45, 2.75) is 64.3 Å². The first kappa shape index (κ1) is 14.7. The van der Waals surface area contributed by atoms with Crippen LogP contribution in [-0.4, -0.2) is 16.9 Å². The van der Waals surface area contributed by atoms with Crippen molar-refractivity contribution in [2.75, 3.05) is 0 Å². The highest BCUT2D eigenvalue weighted by atomic mass is 32.1. The topological polar surface area (TPSA) is 42.0 Å². The largest absolute Gasteiger partial charge is 0.353 e. The van der Waals surface area contributed by atoms with Gasteiger partial charge in [-0.15, -0.1) is 11.3 Å². The van der Waals surface area contributed by atoms with E-state index in [2.05, 4.69) is 17.2 Å². The van der Waals surface area contributed by atoms with E-state index in [0.717, 1.165) is 30.6 Å². The molecular formula is C18H26N2OS. The lowest BCUT2D eigenvalue weighted by Crippen LogP contribution is -2.48. The van der Waals surface area contributed by atoms with E-state index in [0.29, 0.717) is 5.41 Å². The van der Waals surface area contributed by atoms with E-state index in [1.54, 1.807) is 11.3 Å². The number of nitrogens with one attached hydrogen (secondary N) is 1. The van der Waals surface area contributed by atoms with Crippen LogP contribution in [0.2, 0.25) is 0 Å². The molecule has 1 atom stereocenters. The molecule has 0 radical (unpaired) electrons. The zero-order valence-electron chi connectivity index (χ0n) is 13.4. The second-order valence-electron chi connectivity index (χ2n) is 8.23. The van der Waals surface area contributed by atoms with Crippen LogP contribution in [0.1, 0.15) is 56.7 Å². The first-order valence-corrected chi connectivity index (χ1v) is 9.65. The van der Waals surface area contributed by atoms with E-state index >= 15 is 0 Å². The number of aromatic nitrogens is 1. The molecule has 1 N–H and O–H groups in total. The molecule has 3 nitrogen and oxygen atoms in total. The van der Waals surface area contributed by atoms with Gasteiger partial charge in [0.2, 0.25) is 5.91 Å². The van der Waals surface area contributed by atoms with Crippen molar-refractivity contribution in [3.8, 4) is 0 Å². The van der Waals surface area contributed by atoms with Crippen molar-refractivity contribution in [1.82, 2.24) is 10.3 Å². The van der Waals surface area contributed by atoms with Crippen LogP contribution in [-0.2, 0) is 11.2 Å². The molecule has 22 heavy (non-hydrogen) atoms. The Hall–Kier alpha value is -0.900. The fourth-order valence-electron chi connectivity index (χ4n) is 5.87. The molecule has 4 bridgehead atoms. The summed E-state index contributed by atoms with van der Waals surface area (Å²) in [5.74, 6) is 3.05. The third-order valence-corrected chi connectivity index (χ3v) is 6.90. The van der Waals surface area contributed by atoms with Crippen LogP contribution in [0.4, 0.5) is 0 Å². The molecule has 1 amide bonds. The first-order chi connectivity index (χ1) is 10.6. The lowest BCUT2D eigenvalue weighted by Gasteiger charge is -2.56. The normalized spacial score (nSPS) is 37.2. The number of nitrogens with zero attached hydrogens (tertiary/aromatic N) is 1. The Morgan fingerprint density at radius 1 is 1.32 bits per heavy atom. The molecule has 1 aromatic rings. The maximum Gasteiger partial charge on any atom is 0.220 e. The number of carbonyl (C=O) groups excluding carboxylic acids is 1. The monoisotopic (exact) mass is 318 g/mol. The predicted octanol–water partition coefficient (Wildman–Crippen LogP) is 3.80. The van der Waals surface area contributed by atoms with Crippen LogP contribution >= 0.6 is 11.3 Å². The summed E-state index contributed by atoms with van der Waals surface area (Å²) in [6.07, 6.45) is 11.9. The first-order valence-electron chi connectivity index (χ1n) is 8.77. The zero-order valence-corrected chi connectivity index (χ0v) is 14.2. The molecule has 4 aliphatic carbocycles. The number of carbonyl (C=O) groups is 1. The Morgan fingerprint density at radius 3 is 2.50 bits per heavy atom. The van der Waals surface area contributed by atoms with Crippen LogP contribution in [0, 0.1) is 23.2 Å². The zero-order chi connectivity index (χ0) is 15.2. The van der Waals surface area contributed by atoms with Gasteiger partial charge in [0.05, 0.1) is 5.51 Å². The molecule has 0 aliphatic heterocycles. The Labute approximate surface area is 136 Å². The molecule has 0 saturated heterocycles. The number of rotatable bonds is 5. The van der Waals surface area contributed by atoms with E-state index in [-0.39, 0.29) is 11.9 Å². The van der Waals surface area contributed by atoms with Gasteiger partial charge in [0.15, 0.2) is 0 Å². The van der Waals surface area contributed by atoms with Crippen molar-refractivity contribution < 1.29 is 4.79 Å². The van der Waals surface area contributed by atoms with Crippen molar-refractivity contribution in [3.63, 3.8) is 0 Å². The van der Waals surface area contributed by atoms with Crippen LogP contribution in [0.3, 0.4) is 0 Å². The van der Waals surface area contributed by atoms with E-state index in [1.807, 2.05) is 11.7 Å². The minimum atomic E-state index is 0.210. The molecular weight excluding hydrogens is 292 g/mol. The maximum atomic E-state index is 12.5. The quantitative estimate of drug-likeness (QED) is 0.897. The molecule has 1 heterocycles. The Morgan fingerprint density at radius 2 is 1.95 bits per heavy atom. The van der Waals surface area contributed by atoms with Crippen LogP contribution in [0.15, 0.2) is 11.7 Å². The van der Waals surface area contributed by atoms with Gasteiger partial charge in [-0.1, -0.05) is 0 Å². The molecule has 4 saturated carbocycles. The molecule has 4 heteroatoms. The highest BCUT2D eigenvalue weighted by molar-refractivity contribution is 7.09. The maximum absolute atomic E-state index is 12.5. The fourth-order valence-corrected chi connectivity index (χ4v) is 6.59. The summed E-state index contributed by atoms with van der Waals surface area (Å²) in [4.78, 5) is 17.9. The SMILES string of the molecule is CC(Cc1cncs1)NC(=O)CC12CC3CC(CC(C3)C1)C2. The summed E-state index contributed by atoms with van der Waals surface area (Å²) in [7, 11) is 0. The van der Waals surface area contributed by atoms with Crippen molar-refractivity contribution in [1.29, 1.82) is 0 Å². The van der Waals surface area contributed by atoms with Crippen molar-refractivity contribution in [3.05, 3.63) is 16.6 Å². The van der Waals surface area contributed by atoms with Crippen LogP contribution < -0.4 is 5.32 Å². The average Bonchev–Trinajstić information content (AvgIpc) is 2.88. The number of thiazole rings is 1. The second-order valence-corrected chi connectivity index (χ2v) is 9.21. The van der Waals surface area contributed by atoms with Gasteiger partial charge in [-0.2, -0.15) is 0 Å². The second kappa shape index (κ2) is 5.63. The van der Waals surface area contributed by atoms with E-state index < -0.39 is 0 Å². The van der Waals surface area contributed by atoms with Gasteiger partial charge in [-0.25, -0.2) is 0 Å². The average molecular weight is 318 g/mol. The summed E-state index contributed by atoms with van der Waals surface area (Å²) in [5.41, 5.74) is 2.21. The smallest absolute Gasteiger partial charge is 0.220 e. The molecule has 4 aliphatic rings. The van der Waals surface area contributed by atoms with Crippen LogP contribution in [0.25, 0.3) is 0 Å². The Kier molecular flexibility index (Phi) is 3.75. The highest BCUT2D eigenvalue weighted by Crippen LogP contribution is 2.61. The number of hydrogen-bond acceptors (Lipinski definition) is 3. The highest BCUT2D eigenvalue weighted by Gasteiger charge is 2.51. The molecule has 0 aromatic carbocycles. The van der Waals surface area contributed by atoms with E-state index in [4.69, 9.17) is 0 Å². The van der Waals surface area contributed by atoms with Gasteiger partial charge in [-0.05, 0) is 68.6 Å². The van der Waals surface area contributed by atoms with Gasteiger partial charge in [0.1, 0.15) is 0 Å². The lowest BCUT2D eigenvalue weighted by molar-refractivity contribution is -0.130. The molecule has 0 spiro atoms. The summed E-state index contributed by atoms with van der Waals surface area (Å²) in [5, 5.41) is 3.23. The van der Waals surface area contributed by atoms with Gasteiger partial charge >= 0.3 is 0 Å². The summed E-state index contributed by atoms with van der Waals surface area (Å²) >= 11 is 1.67. The number of amides is 1. The van der Waals surface area contributed by atoms with Gasteiger partial charge < -0.3 is 5.32 Å². The molecule has 1 aromatic heterocycles. The third-order valence-electron chi connectivity index (χ3n) is 6.10. The third kappa shape index (κ3) is 2.94. The summed E-state index contributed by atoms with van der Waals surface area (Å²) in [6.45, 7) is 2.11. The van der Waals surface area contributed by atoms with E-state index in [1.165, 1.54) is 43.4 Å². The van der Waals surface area contributed by atoms with Gasteiger partial charge in [0, 0.05) is 30.0 Å². The van der Waals surface area contributed by atoms with Gasteiger partial charge in [0.25, 0.3) is 0 Å². The fraction of sp³-hybridized carbons (Fsp3) is 0.778. The van der Waals surface area contributed by atoms with Crippen LogP contribution in [0.5, 0.6) is 0 Å². The Balaban J connectivity index is 1.34. The molecule has 120 valence electrons.